The van der Waals surface area contributed by atoms with Crippen molar-refractivity contribution < 1.29 is 14.3 Å². The molecular formula is C14H23N5O3S. The molecule has 0 unspecified atom stereocenters. The molecule has 0 saturated carbocycles. The SMILES string of the molecule is Cc1nnc(NC(=O)NC[C@H]([C@H]2CCOC2)N2CCOCC2)s1. The van der Waals surface area contributed by atoms with Gasteiger partial charge in [-0.2, -0.15) is 0 Å². The predicted molar refractivity (Wildman–Crippen MR) is 86.8 cm³/mol. The molecule has 2 amide bonds. The lowest BCUT2D eigenvalue weighted by atomic mass is 9.97. The first-order valence-electron chi connectivity index (χ1n) is 7.97. The van der Waals surface area contributed by atoms with Crippen molar-refractivity contribution in [2.45, 2.75) is 19.4 Å². The van der Waals surface area contributed by atoms with Crippen LogP contribution in [0, 0.1) is 12.8 Å². The van der Waals surface area contributed by atoms with E-state index >= 15 is 0 Å². The van der Waals surface area contributed by atoms with Gasteiger partial charge in [0.15, 0.2) is 0 Å². The van der Waals surface area contributed by atoms with Gasteiger partial charge in [-0.15, -0.1) is 10.2 Å². The summed E-state index contributed by atoms with van der Waals surface area (Å²) in [5.74, 6) is 0.456. The Morgan fingerprint density at radius 1 is 1.35 bits per heavy atom. The molecule has 1 aromatic heterocycles. The third-order valence-corrected chi connectivity index (χ3v) is 5.00. The smallest absolute Gasteiger partial charge is 0.321 e. The molecule has 2 saturated heterocycles. The summed E-state index contributed by atoms with van der Waals surface area (Å²) in [6.07, 6.45) is 1.04. The second-order valence-corrected chi connectivity index (χ2v) is 6.98. The van der Waals surface area contributed by atoms with Crippen LogP contribution >= 0.6 is 11.3 Å². The molecule has 3 heterocycles. The Bertz CT molecular complexity index is 514. The standard InChI is InChI=1S/C14H23N5O3S/c1-10-17-18-14(23-10)16-13(20)15-8-12(11-2-5-22-9-11)19-3-6-21-7-4-19/h11-12H,2-9H2,1H3,(H2,15,16,18,20)/t11-,12+/m0/s1. The van der Waals surface area contributed by atoms with Gasteiger partial charge in [0.05, 0.1) is 19.8 Å². The highest BCUT2D eigenvalue weighted by Crippen LogP contribution is 2.22. The molecule has 0 aromatic carbocycles. The minimum atomic E-state index is -0.238. The predicted octanol–water partition coefficient (Wildman–Crippen LogP) is 0.705. The Labute approximate surface area is 139 Å². The van der Waals surface area contributed by atoms with Gasteiger partial charge >= 0.3 is 6.03 Å². The number of aromatic nitrogens is 2. The molecule has 2 N–H and O–H groups in total. The Balaban J connectivity index is 1.53. The molecule has 2 fully saturated rings. The zero-order valence-corrected chi connectivity index (χ0v) is 14.1. The molecule has 23 heavy (non-hydrogen) atoms. The fraction of sp³-hybridized carbons (Fsp3) is 0.786. The van der Waals surface area contributed by atoms with Crippen LogP contribution in [0.15, 0.2) is 0 Å². The maximum Gasteiger partial charge on any atom is 0.321 e. The summed E-state index contributed by atoms with van der Waals surface area (Å²) in [6, 6.07) is 0.0432. The molecule has 128 valence electrons. The zero-order valence-electron chi connectivity index (χ0n) is 13.3. The van der Waals surface area contributed by atoms with Gasteiger partial charge in [0.2, 0.25) is 5.13 Å². The van der Waals surface area contributed by atoms with Crippen molar-refractivity contribution in [1.82, 2.24) is 20.4 Å². The maximum atomic E-state index is 12.1. The summed E-state index contributed by atoms with van der Waals surface area (Å²) >= 11 is 1.36. The lowest BCUT2D eigenvalue weighted by Gasteiger charge is -2.37. The Morgan fingerprint density at radius 2 is 2.17 bits per heavy atom. The quantitative estimate of drug-likeness (QED) is 0.820. The number of nitrogens with zero attached hydrogens (tertiary/aromatic N) is 3. The first kappa shape index (κ1) is 16.6. The van der Waals surface area contributed by atoms with E-state index in [2.05, 4.69) is 25.7 Å². The topological polar surface area (TPSA) is 88.6 Å². The monoisotopic (exact) mass is 341 g/mol. The van der Waals surface area contributed by atoms with Gasteiger partial charge in [-0.3, -0.25) is 10.2 Å². The van der Waals surface area contributed by atoms with E-state index in [9.17, 15) is 4.79 Å². The van der Waals surface area contributed by atoms with Gasteiger partial charge in [-0.05, 0) is 13.3 Å². The highest BCUT2D eigenvalue weighted by Gasteiger charge is 2.31. The number of urea groups is 1. The Hall–Kier alpha value is -1.29. The minimum Gasteiger partial charge on any atom is -0.381 e. The zero-order chi connectivity index (χ0) is 16.1. The summed E-state index contributed by atoms with van der Waals surface area (Å²) in [4.78, 5) is 14.5. The number of nitrogens with one attached hydrogen (secondary N) is 2. The summed E-state index contributed by atoms with van der Waals surface area (Å²) in [5.41, 5.74) is 0. The van der Waals surface area contributed by atoms with E-state index < -0.39 is 0 Å². The molecule has 2 atom stereocenters. The molecule has 0 bridgehead atoms. The lowest BCUT2D eigenvalue weighted by molar-refractivity contribution is 0.00222. The molecule has 2 aliphatic rings. The van der Waals surface area contributed by atoms with Crippen LogP contribution in [0.2, 0.25) is 0 Å². The van der Waals surface area contributed by atoms with Gasteiger partial charge in [0, 0.05) is 38.2 Å². The minimum absolute atomic E-state index is 0.238. The molecule has 0 radical (unpaired) electrons. The number of anilines is 1. The van der Waals surface area contributed by atoms with E-state index in [0.717, 1.165) is 50.9 Å². The van der Waals surface area contributed by atoms with Crippen molar-refractivity contribution in [3.8, 4) is 0 Å². The van der Waals surface area contributed by atoms with Crippen molar-refractivity contribution in [3.63, 3.8) is 0 Å². The van der Waals surface area contributed by atoms with E-state index in [0.29, 0.717) is 17.6 Å². The number of amides is 2. The largest absolute Gasteiger partial charge is 0.381 e. The Kier molecular flexibility index (Phi) is 5.76. The number of carbonyl (C=O) groups excluding carboxylic acids is 1. The number of morpholine rings is 1. The van der Waals surface area contributed by atoms with Crippen LogP contribution in [-0.4, -0.2) is 73.2 Å². The molecule has 9 heteroatoms. The van der Waals surface area contributed by atoms with Crippen LogP contribution in [-0.2, 0) is 9.47 Å². The highest BCUT2D eigenvalue weighted by molar-refractivity contribution is 7.15. The molecule has 8 nitrogen and oxygen atoms in total. The Morgan fingerprint density at radius 3 is 2.83 bits per heavy atom. The molecule has 2 aliphatic heterocycles. The third kappa shape index (κ3) is 4.60. The van der Waals surface area contributed by atoms with Gasteiger partial charge in [-0.25, -0.2) is 4.79 Å². The van der Waals surface area contributed by atoms with Crippen molar-refractivity contribution in [2.24, 2.45) is 5.92 Å². The summed E-state index contributed by atoms with van der Waals surface area (Å²) in [5, 5.41) is 14.8. The number of ether oxygens (including phenoxy) is 2. The number of hydrogen-bond acceptors (Lipinski definition) is 7. The van der Waals surface area contributed by atoms with Crippen LogP contribution in [0.25, 0.3) is 0 Å². The molecule has 0 spiro atoms. The third-order valence-electron chi connectivity index (χ3n) is 4.24. The van der Waals surface area contributed by atoms with Crippen molar-refractivity contribution in [2.75, 3.05) is 51.4 Å². The first-order valence-corrected chi connectivity index (χ1v) is 8.78. The van der Waals surface area contributed by atoms with Crippen LogP contribution < -0.4 is 10.6 Å². The number of hydrogen-bond donors (Lipinski definition) is 2. The van der Waals surface area contributed by atoms with Gasteiger partial charge in [0.25, 0.3) is 0 Å². The average Bonchev–Trinajstić information content (AvgIpc) is 3.21. The van der Waals surface area contributed by atoms with Crippen LogP contribution in [0.5, 0.6) is 0 Å². The van der Waals surface area contributed by atoms with Gasteiger partial charge in [-0.1, -0.05) is 11.3 Å². The first-order chi connectivity index (χ1) is 11.2. The average molecular weight is 341 g/mol. The highest BCUT2D eigenvalue weighted by atomic mass is 32.1. The summed E-state index contributed by atoms with van der Waals surface area (Å²) < 4.78 is 11.0. The fourth-order valence-electron chi connectivity index (χ4n) is 3.04. The molecule has 1 aromatic rings. The second-order valence-electron chi connectivity index (χ2n) is 5.80. The number of aryl methyl sites for hydroxylation is 1. The number of rotatable bonds is 5. The van der Waals surface area contributed by atoms with E-state index in [1.807, 2.05) is 6.92 Å². The summed E-state index contributed by atoms with van der Waals surface area (Å²) in [7, 11) is 0. The van der Waals surface area contributed by atoms with E-state index in [1.54, 1.807) is 0 Å². The van der Waals surface area contributed by atoms with Crippen LogP contribution in [0.3, 0.4) is 0 Å². The van der Waals surface area contributed by atoms with Gasteiger partial charge in [0.1, 0.15) is 5.01 Å². The van der Waals surface area contributed by atoms with E-state index in [1.165, 1.54) is 11.3 Å². The van der Waals surface area contributed by atoms with E-state index in [-0.39, 0.29) is 12.1 Å². The molecule has 0 aliphatic carbocycles. The van der Waals surface area contributed by atoms with Crippen LogP contribution in [0.4, 0.5) is 9.93 Å². The van der Waals surface area contributed by atoms with Crippen molar-refractivity contribution in [3.05, 3.63) is 5.01 Å². The van der Waals surface area contributed by atoms with E-state index in [4.69, 9.17) is 9.47 Å². The molecule has 3 rings (SSSR count). The lowest BCUT2D eigenvalue weighted by Crippen LogP contribution is -2.52. The maximum absolute atomic E-state index is 12.1. The molecular weight excluding hydrogens is 318 g/mol. The van der Waals surface area contributed by atoms with Gasteiger partial charge < -0.3 is 14.8 Å². The van der Waals surface area contributed by atoms with Crippen molar-refractivity contribution in [1.29, 1.82) is 0 Å². The van der Waals surface area contributed by atoms with Crippen molar-refractivity contribution >= 4 is 22.5 Å². The second kappa shape index (κ2) is 8.00. The number of carbonyl (C=O) groups is 1. The normalized spacial score (nSPS) is 23.6. The summed E-state index contributed by atoms with van der Waals surface area (Å²) in [6.45, 7) is 7.33. The fourth-order valence-corrected chi connectivity index (χ4v) is 3.63. The van der Waals surface area contributed by atoms with Crippen LogP contribution in [0.1, 0.15) is 11.4 Å².